The first kappa shape index (κ1) is 19.1. The Morgan fingerprint density at radius 1 is 1.19 bits per heavy atom. The van der Waals surface area contributed by atoms with Crippen molar-refractivity contribution in [1.29, 1.82) is 0 Å². The van der Waals surface area contributed by atoms with Crippen LogP contribution in [0.2, 0.25) is 0 Å². The summed E-state index contributed by atoms with van der Waals surface area (Å²) in [6.07, 6.45) is 2.93. The summed E-state index contributed by atoms with van der Waals surface area (Å²) in [6.45, 7) is 1.30. The summed E-state index contributed by atoms with van der Waals surface area (Å²) in [4.78, 5) is 25.2. The van der Waals surface area contributed by atoms with Crippen LogP contribution in [0, 0.1) is 0 Å². The minimum atomic E-state index is -0.112. The molecule has 1 aromatic carbocycles. The van der Waals surface area contributed by atoms with E-state index in [1.54, 1.807) is 19.1 Å². The van der Waals surface area contributed by atoms with E-state index in [9.17, 15) is 4.79 Å². The lowest BCUT2D eigenvalue weighted by atomic mass is 10.3. The van der Waals surface area contributed by atoms with E-state index in [1.807, 2.05) is 31.1 Å². The summed E-state index contributed by atoms with van der Waals surface area (Å²) in [7, 11) is 7.13. The molecule has 144 valence electrons. The molecule has 2 heterocycles. The lowest BCUT2D eigenvalue weighted by molar-refractivity contribution is -0.119. The molecule has 3 rings (SSSR count). The van der Waals surface area contributed by atoms with E-state index in [0.717, 1.165) is 4.70 Å². The molecule has 2 aromatic heterocycles. The van der Waals surface area contributed by atoms with E-state index in [1.165, 1.54) is 28.7 Å². The predicted molar refractivity (Wildman–Crippen MR) is 104 cm³/mol. The van der Waals surface area contributed by atoms with Crippen molar-refractivity contribution < 1.29 is 14.3 Å². The highest BCUT2D eigenvalue weighted by atomic mass is 32.1. The number of benzene rings is 1. The Labute approximate surface area is 161 Å². The fraction of sp³-hybridized carbons (Fsp3) is 0.412. The molecule has 0 N–H and O–H groups in total. The number of hydrogen-bond donors (Lipinski definition) is 0. The van der Waals surface area contributed by atoms with Crippen LogP contribution < -0.4 is 14.4 Å². The summed E-state index contributed by atoms with van der Waals surface area (Å²) in [5.41, 5.74) is 0.681. The van der Waals surface area contributed by atoms with E-state index < -0.39 is 0 Å². The number of carbonyl (C=O) groups is 1. The topological polar surface area (TPSA) is 85.6 Å². The van der Waals surface area contributed by atoms with Crippen LogP contribution in [0.15, 0.2) is 24.8 Å². The lowest BCUT2D eigenvalue weighted by Crippen LogP contribution is -2.38. The number of anilines is 1. The van der Waals surface area contributed by atoms with Crippen molar-refractivity contribution in [2.75, 3.05) is 46.3 Å². The SMILES string of the molecule is COc1ccc(OC)c2sc(N(CCN(C)C)C(=O)Cn3cncn3)nc12. The molecule has 0 aliphatic heterocycles. The van der Waals surface area contributed by atoms with E-state index in [0.29, 0.717) is 35.2 Å². The van der Waals surface area contributed by atoms with Gasteiger partial charge in [-0.15, -0.1) is 0 Å². The van der Waals surface area contributed by atoms with Crippen LogP contribution in [-0.2, 0) is 11.3 Å². The van der Waals surface area contributed by atoms with Gasteiger partial charge in [0, 0.05) is 13.1 Å². The number of likely N-dealkylation sites (N-methyl/N-ethyl adjacent to an activating group) is 1. The smallest absolute Gasteiger partial charge is 0.250 e. The van der Waals surface area contributed by atoms with Gasteiger partial charge in [-0.2, -0.15) is 5.10 Å². The Hall–Kier alpha value is -2.72. The van der Waals surface area contributed by atoms with Gasteiger partial charge in [0.1, 0.15) is 40.9 Å². The first-order valence-corrected chi connectivity index (χ1v) is 9.14. The van der Waals surface area contributed by atoms with Gasteiger partial charge in [-0.25, -0.2) is 14.6 Å². The second-order valence-corrected chi connectivity index (χ2v) is 7.06. The molecule has 10 heteroatoms. The Kier molecular flexibility index (Phi) is 5.87. The number of thiazole rings is 1. The number of rotatable bonds is 8. The Morgan fingerprint density at radius 2 is 1.93 bits per heavy atom. The highest BCUT2D eigenvalue weighted by Crippen LogP contribution is 2.40. The van der Waals surface area contributed by atoms with Crippen molar-refractivity contribution in [3.63, 3.8) is 0 Å². The van der Waals surface area contributed by atoms with Gasteiger partial charge >= 0.3 is 0 Å². The van der Waals surface area contributed by atoms with Gasteiger partial charge in [-0.3, -0.25) is 9.69 Å². The summed E-state index contributed by atoms with van der Waals surface area (Å²) in [5, 5.41) is 4.61. The molecule has 27 heavy (non-hydrogen) atoms. The Balaban J connectivity index is 1.98. The number of nitrogens with zero attached hydrogens (tertiary/aromatic N) is 6. The summed E-state index contributed by atoms with van der Waals surface area (Å²) in [5.74, 6) is 1.23. The summed E-state index contributed by atoms with van der Waals surface area (Å²) >= 11 is 1.40. The van der Waals surface area contributed by atoms with Gasteiger partial charge in [0.2, 0.25) is 0 Å². The largest absolute Gasteiger partial charge is 0.495 e. The zero-order valence-corrected chi connectivity index (χ0v) is 16.6. The normalized spacial score (nSPS) is 11.1. The molecule has 0 radical (unpaired) electrons. The molecular weight excluding hydrogens is 368 g/mol. The summed E-state index contributed by atoms with van der Waals surface area (Å²) < 4.78 is 13.2. The number of fused-ring (bicyclic) bond motifs is 1. The molecule has 1 amide bonds. The lowest BCUT2D eigenvalue weighted by Gasteiger charge is -2.21. The number of hydrogen-bond acceptors (Lipinski definition) is 8. The monoisotopic (exact) mass is 390 g/mol. The quantitative estimate of drug-likeness (QED) is 0.576. The van der Waals surface area contributed by atoms with Gasteiger partial charge in [-0.1, -0.05) is 11.3 Å². The number of ether oxygens (including phenoxy) is 2. The summed E-state index contributed by atoms with van der Waals surface area (Å²) in [6, 6.07) is 3.65. The first-order chi connectivity index (χ1) is 13.0. The first-order valence-electron chi connectivity index (χ1n) is 8.32. The molecule has 0 atom stereocenters. The highest BCUT2D eigenvalue weighted by molar-refractivity contribution is 7.22. The van der Waals surface area contributed by atoms with E-state index in [-0.39, 0.29) is 12.5 Å². The number of amides is 1. The average Bonchev–Trinajstić information content (AvgIpc) is 3.30. The van der Waals surface area contributed by atoms with Crippen LogP contribution in [0.25, 0.3) is 10.2 Å². The van der Waals surface area contributed by atoms with Crippen LogP contribution in [0.3, 0.4) is 0 Å². The van der Waals surface area contributed by atoms with Crippen LogP contribution in [0.1, 0.15) is 0 Å². The van der Waals surface area contributed by atoms with Crippen molar-refractivity contribution >= 4 is 32.6 Å². The molecule has 0 spiro atoms. The fourth-order valence-corrected chi connectivity index (χ4v) is 3.67. The van der Waals surface area contributed by atoms with Crippen molar-refractivity contribution in [1.82, 2.24) is 24.6 Å². The standard InChI is InChI=1S/C17H22N6O3S/c1-21(2)7-8-23(14(24)9-22-11-18-10-19-22)17-20-15-12(25-3)5-6-13(26-4)16(15)27-17/h5-6,10-11H,7-9H2,1-4H3. The third-order valence-electron chi connectivity index (χ3n) is 3.97. The van der Waals surface area contributed by atoms with Crippen LogP contribution in [0.5, 0.6) is 11.5 Å². The fourth-order valence-electron chi connectivity index (χ4n) is 2.56. The van der Waals surface area contributed by atoms with Gasteiger partial charge in [0.25, 0.3) is 5.91 Å². The van der Waals surface area contributed by atoms with Gasteiger partial charge in [0.05, 0.1) is 14.2 Å². The maximum atomic E-state index is 12.9. The average molecular weight is 390 g/mol. The maximum absolute atomic E-state index is 12.9. The third kappa shape index (κ3) is 4.17. The van der Waals surface area contributed by atoms with E-state index in [4.69, 9.17) is 9.47 Å². The molecule has 9 nitrogen and oxygen atoms in total. The van der Waals surface area contributed by atoms with E-state index in [2.05, 4.69) is 15.1 Å². The Morgan fingerprint density at radius 3 is 2.56 bits per heavy atom. The van der Waals surface area contributed by atoms with E-state index >= 15 is 0 Å². The zero-order valence-electron chi connectivity index (χ0n) is 15.7. The van der Waals surface area contributed by atoms with Gasteiger partial charge in [-0.05, 0) is 26.2 Å². The molecular formula is C17H22N6O3S. The van der Waals surface area contributed by atoms with Crippen LogP contribution >= 0.6 is 11.3 Å². The number of aromatic nitrogens is 4. The van der Waals surface area contributed by atoms with Gasteiger partial charge in [0.15, 0.2) is 5.13 Å². The molecule has 0 unspecified atom stereocenters. The van der Waals surface area contributed by atoms with Crippen molar-refractivity contribution in [3.05, 3.63) is 24.8 Å². The minimum absolute atomic E-state index is 0.0949. The molecule has 0 fully saturated rings. The molecule has 0 saturated heterocycles. The molecule has 0 bridgehead atoms. The molecule has 0 aliphatic rings. The molecule has 0 saturated carbocycles. The molecule has 3 aromatic rings. The van der Waals surface area contributed by atoms with Crippen molar-refractivity contribution in [3.8, 4) is 11.5 Å². The maximum Gasteiger partial charge on any atom is 0.250 e. The second kappa shape index (κ2) is 8.31. The predicted octanol–water partition coefficient (Wildman–Crippen LogP) is 1.50. The molecule has 0 aliphatic carbocycles. The number of methoxy groups -OCH3 is 2. The van der Waals surface area contributed by atoms with Crippen LogP contribution in [-0.4, -0.2) is 72.0 Å². The van der Waals surface area contributed by atoms with Crippen molar-refractivity contribution in [2.24, 2.45) is 0 Å². The Bertz CT molecular complexity index is 868. The highest BCUT2D eigenvalue weighted by Gasteiger charge is 2.23. The zero-order chi connectivity index (χ0) is 19.4. The van der Waals surface area contributed by atoms with Gasteiger partial charge < -0.3 is 14.4 Å². The number of carbonyl (C=O) groups excluding carboxylic acids is 1. The second-order valence-electron chi connectivity index (χ2n) is 6.09. The van der Waals surface area contributed by atoms with Crippen LogP contribution in [0.4, 0.5) is 5.13 Å². The minimum Gasteiger partial charge on any atom is -0.495 e. The van der Waals surface area contributed by atoms with Crippen molar-refractivity contribution in [2.45, 2.75) is 6.54 Å². The third-order valence-corrected chi connectivity index (χ3v) is 5.06.